The van der Waals surface area contributed by atoms with Gasteiger partial charge in [0.15, 0.2) is 0 Å². The number of unbranched alkanes of at least 4 members (excludes halogenated alkanes) is 1. The van der Waals surface area contributed by atoms with Crippen molar-refractivity contribution in [3.05, 3.63) is 34.9 Å². The molecule has 0 heterocycles. The lowest BCUT2D eigenvalue weighted by atomic mass is 10.2. The lowest BCUT2D eigenvalue weighted by Gasteiger charge is -2.02. The van der Waals surface area contributed by atoms with Gasteiger partial charge in [0.05, 0.1) is 12.7 Å². The zero-order chi connectivity index (χ0) is 10.2. The molecule has 0 aliphatic heterocycles. The summed E-state index contributed by atoms with van der Waals surface area (Å²) in [5.41, 5.74) is 1.10. The molecule has 14 heavy (non-hydrogen) atoms. The van der Waals surface area contributed by atoms with Crippen LogP contribution in [-0.4, -0.2) is 6.61 Å². The highest BCUT2D eigenvalue weighted by atomic mass is 35.5. The molecule has 0 unspecified atom stereocenters. The molecule has 0 atom stereocenters. The van der Waals surface area contributed by atoms with Crippen LogP contribution in [0.4, 0.5) is 0 Å². The van der Waals surface area contributed by atoms with Crippen LogP contribution in [-0.2, 0) is 11.3 Å². The van der Waals surface area contributed by atoms with E-state index in [9.17, 15) is 0 Å². The van der Waals surface area contributed by atoms with Gasteiger partial charge < -0.3 is 4.74 Å². The average Bonchev–Trinajstić information content (AvgIpc) is 2.21. The minimum absolute atomic E-state index is 0.556. The van der Waals surface area contributed by atoms with Crippen molar-refractivity contribution >= 4 is 11.6 Å². The van der Waals surface area contributed by atoms with Crippen molar-refractivity contribution in [3.8, 4) is 6.07 Å². The summed E-state index contributed by atoms with van der Waals surface area (Å²) in [6.07, 6.45) is 1.35. The van der Waals surface area contributed by atoms with E-state index in [1.54, 1.807) is 0 Å². The maximum absolute atomic E-state index is 8.29. The smallest absolute Gasteiger partial charge is 0.0716 e. The fourth-order valence-corrected chi connectivity index (χ4v) is 1.15. The highest BCUT2D eigenvalue weighted by molar-refractivity contribution is 6.30. The van der Waals surface area contributed by atoms with E-state index in [0.717, 1.165) is 17.0 Å². The Kier molecular flexibility index (Phi) is 5.06. The van der Waals surface area contributed by atoms with E-state index in [-0.39, 0.29) is 0 Å². The van der Waals surface area contributed by atoms with Gasteiger partial charge in [-0.1, -0.05) is 23.7 Å². The maximum Gasteiger partial charge on any atom is 0.0716 e. The van der Waals surface area contributed by atoms with Crippen LogP contribution < -0.4 is 0 Å². The summed E-state index contributed by atoms with van der Waals surface area (Å²) in [7, 11) is 0. The Morgan fingerprint density at radius 2 is 2.00 bits per heavy atom. The average molecular weight is 210 g/mol. The Labute approximate surface area is 89.1 Å². The third-order valence-electron chi connectivity index (χ3n) is 1.76. The third kappa shape index (κ3) is 4.27. The maximum atomic E-state index is 8.29. The molecule has 1 rings (SSSR count). The molecule has 0 saturated heterocycles. The lowest BCUT2D eigenvalue weighted by molar-refractivity contribution is 0.119. The molecular formula is C11H12ClNO. The summed E-state index contributed by atoms with van der Waals surface area (Å²) in [5.74, 6) is 0. The first-order valence-electron chi connectivity index (χ1n) is 4.52. The molecule has 2 nitrogen and oxygen atoms in total. The van der Waals surface area contributed by atoms with Crippen molar-refractivity contribution in [1.29, 1.82) is 5.26 Å². The van der Waals surface area contributed by atoms with E-state index >= 15 is 0 Å². The van der Waals surface area contributed by atoms with Gasteiger partial charge in [-0.05, 0) is 24.1 Å². The second-order valence-electron chi connectivity index (χ2n) is 2.94. The van der Waals surface area contributed by atoms with Crippen LogP contribution in [0.1, 0.15) is 18.4 Å². The molecule has 1 aromatic rings. The molecule has 0 bridgehead atoms. The first kappa shape index (κ1) is 11.0. The molecular weight excluding hydrogens is 198 g/mol. The van der Waals surface area contributed by atoms with Crippen molar-refractivity contribution in [3.63, 3.8) is 0 Å². The quantitative estimate of drug-likeness (QED) is 0.698. The van der Waals surface area contributed by atoms with Gasteiger partial charge in [-0.3, -0.25) is 0 Å². The number of hydrogen-bond acceptors (Lipinski definition) is 2. The molecule has 0 saturated carbocycles. The van der Waals surface area contributed by atoms with E-state index in [0.29, 0.717) is 19.6 Å². The van der Waals surface area contributed by atoms with Gasteiger partial charge >= 0.3 is 0 Å². The van der Waals surface area contributed by atoms with Gasteiger partial charge in [-0.15, -0.1) is 0 Å². The second kappa shape index (κ2) is 6.42. The van der Waals surface area contributed by atoms with Gasteiger partial charge in [-0.25, -0.2) is 0 Å². The largest absolute Gasteiger partial charge is 0.377 e. The van der Waals surface area contributed by atoms with Crippen molar-refractivity contribution < 1.29 is 4.74 Å². The first-order valence-corrected chi connectivity index (χ1v) is 4.90. The molecule has 0 aromatic heterocycles. The highest BCUT2D eigenvalue weighted by Gasteiger charge is 1.93. The second-order valence-corrected chi connectivity index (χ2v) is 3.38. The molecule has 1 aromatic carbocycles. The summed E-state index contributed by atoms with van der Waals surface area (Å²) in [6.45, 7) is 1.22. The zero-order valence-electron chi connectivity index (χ0n) is 7.87. The van der Waals surface area contributed by atoms with Crippen LogP contribution >= 0.6 is 11.6 Å². The van der Waals surface area contributed by atoms with Crippen LogP contribution in [0, 0.1) is 11.3 Å². The predicted molar refractivity (Wildman–Crippen MR) is 56.0 cm³/mol. The van der Waals surface area contributed by atoms with Crippen LogP contribution in [0.2, 0.25) is 5.02 Å². The summed E-state index contributed by atoms with van der Waals surface area (Å²) in [5, 5.41) is 9.03. The van der Waals surface area contributed by atoms with Crippen LogP contribution in [0.3, 0.4) is 0 Å². The molecule has 0 aliphatic carbocycles. The number of halogens is 1. The van der Waals surface area contributed by atoms with Gasteiger partial charge in [-0.2, -0.15) is 5.26 Å². The normalized spacial score (nSPS) is 9.71. The molecule has 74 valence electrons. The van der Waals surface area contributed by atoms with Crippen molar-refractivity contribution in [2.45, 2.75) is 19.4 Å². The van der Waals surface area contributed by atoms with E-state index in [4.69, 9.17) is 21.6 Å². The Balaban J connectivity index is 2.19. The van der Waals surface area contributed by atoms with Crippen LogP contribution in [0.25, 0.3) is 0 Å². The first-order chi connectivity index (χ1) is 6.83. The van der Waals surface area contributed by atoms with E-state index in [1.165, 1.54) is 0 Å². The van der Waals surface area contributed by atoms with E-state index in [2.05, 4.69) is 6.07 Å². The molecule has 3 heteroatoms. The van der Waals surface area contributed by atoms with Gasteiger partial charge in [0.1, 0.15) is 0 Å². The molecule has 0 fully saturated rings. The SMILES string of the molecule is N#CCCCOCc1ccc(Cl)cc1. The van der Waals surface area contributed by atoms with Crippen LogP contribution in [0.5, 0.6) is 0 Å². The summed E-state index contributed by atoms with van der Waals surface area (Å²) >= 11 is 5.74. The molecule has 0 radical (unpaired) electrons. The highest BCUT2D eigenvalue weighted by Crippen LogP contribution is 2.10. The topological polar surface area (TPSA) is 33.0 Å². The standard InChI is InChI=1S/C11H12ClNO/c12-11-5-3-10(4-6-11)9-14-8-2-1-7-13/h3-6H,1-2,8-9H2. The van der Waals surface area contributed by atoms with Crippen molar-refractivity contribution in [1.82, 2.24) is 0 Å². The molecule has 0 N–H and O–H groups in total. The number of ether oxygens (including phenoxy) is 1. The fraction of sp³-hybridized carbons (Fsp3) is 0.364. The summed E-state index contributed by atoms with van der Waals surface area (Å²) in [6, 6.07) is 9.64. The fourth-order valence-electron chi connectivity index (χ4n) is 1.02. The number of benzene rings is 1. The minimum atomic E-state index is 0.556. The van der Waals surface area contributed by atoms with E-state index in [1.807, 2.05) is 24.3 Å². The van der Waals surface area contributed by atoms with Gasteiger partial charge in [0.25, 0.3) is 0 Å². The van der Waals surface area contributed by atoms with Gasteiger partial charge in [0.2, 0.25) is 0 Å². The van der Waals surface area contributed by atoms with Crippen molar-refractivity contribution in [2.24, 2.45) is 0 Å². The number of hydrogen-bond donors (Lipinski definition) is 0. The summed E-state index contributed by atoms with van der Waals surface area (Å²) < 4.78 is 5.37. The number of rotatable bonds is 5. The Bertz CT molecular complexity index is 302. The Morgan fingerprint density at radius 1 is 1.29 bits per heavy atom. The molecule has 0 spiro atoms. The zero-order valence-corrected chi connectivity index (χ0v) is 8.63. The van der Waals surface area contributed by atoms with E-state index < -0.39 is 0 Å². The Morgan fingerprint density at radius 3 is 2.64 bits per heavy atom. The number of nitrogens with zero attached hydrogens (tertiary/aromatic N) is 1. The third-order valence-corrected chi connectivity index (χ3v) is 2.01. The Hall–Kier alpha value is -1.04. The number of nitriles is 1. The van der Waals surface area contributed by atoms with Gasteiger partial charge in [0, 0.05) is 18.1 Å². The monoisotopic (exact) mass is 209 g/mol. The summed E-state index contributed by atoms with van der Waals surface area (Å²) in [4.78, 5) is 0. The molecule has 0 amide bonds. The van der Waals surface area contributed by atoms with Crippen LogP contribution in [0.15, 0.2) is 24.3 Å². The predicted octanol–water partition coefficient (Wildman–Crippen LogP) is 3.16. The lowest BCUT2D eigenvalue weighted by Crippen LogP contribution is -1.94. The minimum Gasteiger partial charge on any atom is -0.377 e. The molecule has 0 aliphatic rings. The van der Waals surface area contributed by atoms with Crippen molar-refractivity contribution in [2.75, 3.05) is 6.61 Å².